The van der Waals surface area contributed by atoms with Crippen LogP contribution in [0, 0.1) is 6.92 Å². The van der Waals surface area contributed by atoms with Gasteiger partial charge in [0.15, 0.2) is 5.13 Å². The van der Waals surface area contributed by atoms with Crippen LogP contribution in [0.4, 0.5) is 10.8 Å². The van der Waals surface area contributed by atoms with E-state index in [2.05, 4.69) is 15.6 Å². The second kappa shape index (κ2) is 6.33. The molecule has 0 aliphatic rings. The molecule has 0 bridgehead atoms. The number of anilines is 2. The predicted molar refractivity (Wildman–Crippen MR) is 79.6 cm³/mol. The Morgan fingerprint density at radius 1 is 1.47 bits per heavy atom. The quantitative estimate of drug-likeness (QED) is 0.880. The number of thiazole rings is 1. The van der Waals surface area contributed by atoms with Crippen molar-refractivity contribution in [3.05, 3.63) is 41.4 Å². The summed E-state index contributed by atoms with van der Waals surface area (Å²) in [5.41, 5.74) is 2.13. The highest BCUT2D eigenvalue weighted by molar-refractivity contribution is 7.13. The Morgan fingerprint density at radius 3 is 2.95 bits per heavy atom. The second-order valence-electron chi connectivity index (χ2n) is 4.30. The van der Waals surface area contributed by atoms with Crippen LogP contribution in [0.3, 0.4) is 0 Å². The summed E-state index contributed by atoms with van der Waals surface area (Å²) in [4.78, 5) is 16.2. The van der Waals surface area contributed by atoms with Crippen LogP contribution in [0.1, 0.15) is 18.9 Å². The third-order valence-electron chi connectivity index (χ3n) is 2.75. The molecule has 19 heavy (non-hydrogen) atoms. The fourth-order valence-electron chi connectivity index (χ4n) is 1.77. The van der Waals surface area contributed by atoms with Crippen molar-refractivity contribution in [2.75, 3.05) is 10.6 Å². The highest BCUT2D eigenvalue weighted by atomic mass is 32.1. The Labute approximate surface area is 116 Å². The lowest BCUT2D eigenvalue weighted by Crippen LogP contribution is -2.34. The van der Waals surface area contributed by atoms with Crippen molar-refractivity contribution in [2.45, 2.75) is 26.3 Å². The zero-order chi connectivity index (χ0) is 13.7. The highest BCUT2D eigenvalue weighted by Gasteiger charge is 2.17. The van der Waals surface area contributed by atoms with Crippen molar-refractivity contribution in [3.63, 3.8) is 0 Å². The lowest BCUT2D eigenvalue weighted by atomic mass is 10.1. The molecule has 100 valence electrons. The molecule has 5 heteroatoms. The van der Waals surface area contributed by atoms with Gasteiger partial charge < -0.3 is 10.6 Å². The molecular weight excluding hydrogens is 258 g/mol. The van der Waals surface area contributed by atoms with Crippen LogP contribution in [0.15, 0.2) is 35.8 Å². The molecule has 2 rings (SSSR count). The van der Waals surface area contributed by atoms with Crippen molar-refractivity contribution in [1.29, 1.82) is 0 Å². The molecule has 1 amide bonds. The maximum absolute atomic E-state index is 12.1. The number of hydrogen-bond donors (Lipinski definition) is 2. The number of aromatic nitrogens is 1. The van der Waals surface area contributed by atoms with Gasteiger partial charge in [0, 0.05) is 17.3 Å². The average Bonchev–Trinajstić information content (AvgIpc) is 2.88. The Balaban J connectivity index is 2.01. The topological polar surface area (TPSA) is 54.0 Å². The minimum absolute atomic E-state index is 0.0565. The summed E-state index contributed by atoms with van der Waals surface area (Å²) in [7, 11) is 0. The molecule has 0 aliphatic heterocycles. The van der Waals surface area contributed by atoms with E-state index in [0.29, 0.717) is 11.6 Å². The van der Waals surface area contributed by atoms with E-state index in [1.54, 1.807) is 6.20 Å². The maximum Gasteiger partial charge on any atom is 0.248 e. The van der Waals surface area contributed by atoms with Crippen molar-refractivity contribution in [1.82, 2.24) is 4.98 Å². The van der Waals surface area contributed by atoms with Crippen LogP contribution in [-0.2, 0) is 4.79 Å². The van der Waals surface area contributed by atoms with E-state index in [4.69, 9.17) is 0 Å². The van der Waals surface area contributed by atoms with Gasteiger partial charge in [0.05, 0.1) is 0 Å². The number of amides is 1. The first-order valence-electron chi connectivity index (χ1n) is 6.22. The SMILES string of the molecule is CC[C@H](Nc1cccc(C)c1)C(=O)Nc1nccs1. The van der Waals surface area contributed by atoms with Crippen LogP contribution in [0.5, 0.6) is 0 Å². The van der Waals surface area contributed by atoms with Gasteiger partial charge in [0.2, 0.25) is 5.91 Å². The van der Waals surface area contributed by atoms with Crippen molar-refractivity contribution >= 4 is 28.1 Å². The van der Waals surface area contributed by atoms with E-state index in [9.17, 15) is 4.79 Å². The van der Waals surface area contributed by atoms with Crippen LogP contribution in [0.25, 0.3) is 0 Å². The largest absolute Gasteiger partial charge is 0.374 e. The Hall–Kier alpha value is -1.88. The van der Waals surface area contributed by atoms with Crippen molar-refractivity contribution in [2.24, 2.45) is 0 Å². The number of benzene rings is 1. The zero-order valence-corrected chi connectivity index (χ0v) is 11.8. The zero-order valence-electron chi connectivity index (χ0n) is 11.0. The minimum Gasteiger partial charge on any atom is -0.374 e. The molecule has 1 atom stereocenters. The van der Waals surface area contributed by atoms with Gasteiger partial charge in [0.25, 0.3) is 0 Å². The summed E-state index contributed by atoms with van der Waals surface area (Å²) in [6, 6.07) is 7.74. The Morgan fingerprint density at radius 2 is 2.32 bits per heavy atom. The molecule has 0 saturated heterocycles. The lowest BCUT2D eigenvalue weighted by Gasteiger charge is -2.17. The molecule has 4 nitrogen and oxygen atoms in total. The summed E-state index contributed by atoms with van der Waals surface area (Å²) in [5, 5.41) is 8.53. The molecule has 0 saturated carbocycles. The number of aryl methyl sites for hydroxylation is 1. The molecule has 2 N–H and O–H groups in total. The fourth-order valence-corrected chi connectivity index (χ4v) is 2.30. The van der Waals surface area contributed by atoms with E-state index >= 15 is 0 Å². The van der Waals surface area contributed by atoms with Crippen LogP contribution in [-0.4, -0.2) is 16.9 Å². The second-order valence-corrected chi connectivity index (χ2v) is 5.20. The van der Waals surface area contributed by atoms with Gasteiger partial charge in [0.1, 0.15) is 6.04 Å². The first-order chi connectivity index (χ1) is 9.19. The van der Waals surface area contributed by atoms with Crippen LogP contribution < -0.4 is 10.6 Å². The Kier molecular flexibility index (Phi) is 4.52. The maximum atomic E-state index is 12.1. The van der Waals surface area contributed by atoms with Gasteiger partial charge >= 0.3 is 0 Å². The van der Waals surface area contributed by atoms with Gasteiger partial charge in [-0.2, -0.15) is 0 Å². The fraction of sp³-hybridized carbons (Fsp3) is 0.286. The molecule has 0 aliphatic carbocycles. The van der Waals surface area contributed by atoms with Crippen molar-refractivity contribution in [3.8, 4) is 0 Å². The summed E-state index contributed by atoms with van der Waals surface area (Å²) in [6.45, 7) is 4.01. The molecule has 1 aromatic heterocycles. The number of rotatable bonds is 5. The molecule has 1 aromatic carbocycles. The van der Waals surface area contributed by atoms with Gasteiger partial charge in [-0.3, -0.25) is 4.79 Å². The number of carbonyl (C=O) groups excluding carboxylic acids is 1. The summed E-state index contributed by atoms with van der Waals surface area (Å²) >= 11 is 1.42. The normalized spacial score (nSPS) is 11.9. The number of hydrogen-bond acceptors (Lipinski definition) is 4. The third-order valence-corrected chi connectivity index (χ3v) is 3.43. The van der Waals surface area contributed by atoms with Gasteiger partial charge in [-0.25, -0.2) is 4.98 Å². The standard InChI is InChI=1S/C14H17N3OS/c1-3-12(13(18)17-14-15-7-8-19-14)16-11-6-4-5-10(2)9-11/h4-9,12,16H,3H2,1-2H3,(H,15,17,18)/t12-/m0/s1. The van der Waals surface area contributed by atoms with Gasteiger partial charge in [-0.15, -0.1) is 11.3 Å². The highest BCUT2D eigenvalue weighted by Crippen LogP contribution is 2.15. The predicted octanol–water partition coefficient (Wildman–Crippen LogP) is 3.28. The lowest BCUT2D eigenvalue weighted by molar-refractivity contribution is -0.116. The van der Waals surface area contributed by atoms with E-state index in [1.165, 1.54) is 16.9 Å². The molecule has 2 aromatic rings. The first-order valence-corrected chi connectivity index (χ1v) is 7.10. The third kappa shape index (κ3) is 3.79. The Bertz CT molecular complexity index is 539. The van der Waals surface area contributed by atoms with Crippen LogP contribution in [0.2, 0.25) is 0 Å². The van der Waals surface area contributed by atoms with E-state index in [0.717, 1.165) is 5.69 Å². The molecule has 1 heterocycles. The molecule has 0 spiro atoms. The average molecular weight is 275 g/mol. The first kappa shape index (κ1) is 13.5. The monoisotopic (exact) mass is 275 g/mol. The molecular formula is C14H17N3OS. The number of nitrogens with one attached hydrogen (secondary N) is 2. The van der Waals surface area contributed by atoms with E-state index in [-0.39, 0.29) is 11.9 Å². The summed E-state index contributed by atoms with van der Waals surface area (Å²) < 4.78 is 0. The summed E-state index contributed by atoms with van der Waals surface area (Å²) in [6.07, 6.45) is 2.39. The van der Waals surface area contributed by atoms with E-state index < -0.39 is 0 Å². The van der Waals surface area contributed by atoms with Gasteiger partial charge in [-0.1, -0.05) is 19.1 Å². The van der Waals surface area contributed by atoms with Crippen molar-refractivity contribution < 1.29 is 4.79 Å². The molecule has 0 fully saturated rings. The number of nitrogens with zero attached hydrogens (tertiary/aromatic N) is 1. The smallest absolute Gasteiger partial charge is 0.248 e. The van der Waals surface area contributed by atoms with Gasteiger partial charge in [-0.05, 0) is 31.0 Å². The molecule has 0 unspecified atom stereocenters. The van der Waals surface area contributed by atoms with Crippen LogP contribution >= 0.6 is 11.3 Å². The minimum atomic E-state index is -0.259. The summed E-state index contributed by atoms with van der Waals surface area (Å²) in [5.74, 6) is -0.0565. The molecule has 0 radical (unpaired) electrons. The number of carbonyl (C=O) groups is 1. The van der Waals surface area contributed by atoms with E-state index in [1.807, 2.05) is 43.5 Å².